The standard InChI is InChI=1S/C15H18N2OS/c1-11-4-3-5-13(8-11)9-16-15(18)7-6-14-10-19-12(2)17-14/h3-5,8,10H,6-7,9H2,1-2H3,(H,16,18). The van der Waals surface area contributed by atoms with Crippen LogP contribution in [0.2, 0.25) is 0 Å². The van der Waals surface area contributed by atoms with E-state index in [1.807, 2.05) is 24.4 Å². The maximum Gasteiger partial charge on any atom is 0.220 e. The van der Waals surface area contributed by atoms with E-state index in [1.165, 1.54) is 5.56 Å². The van der Waals surface area contributed by atoms with E-state index in [0.717, 1.165) is 16.3 Å². The fourth-order valence-electron chi connectivity index (χ4n) is 1.88. The summed E-state index contributed by atoms with van der Waals surface area (Å²) in [7, 11) is 0. The van der Waals surface area contributed by atoms with Crippen LogP contribution < -0.4 is 5.32 Å². The molecule has 1 N–H and O–H groups in total. The minimum atomic E-state index is 0.0761. The molecule has 19 heavy (non-hydrogen) atoms. The molecule has 0 atom stereocenters. The number of nitrogens with one attached hydrogen (secondary N) is 1. The highest BCUT2D eigenvalue weighted by Gasteiger charge is 2.04. The van der Waals surface area contributed by atoms with E-state index in [1.54, 1.807) is 11.3 Å². The number of thiazole rings is 1. The van der Waals surface area contributed by atoms with Crippen molar-refractivity contribution in [2.45, 2.75) is 33.2 Å². The number of nitrogens with zero attached hydrogens (tertiary/aromatic N) is 1. The summed E-state index contributed by atoms with van der Waals surface area (Å²) in [4.78, 5) is 16.1. The summed E-state index contributed by atoms with van der Waals surface area (Å²) >= 11 is 1.63. The normalized spacial score (nSPS) is 10.4. The third-order valence-corrected chi connectivity index (χ3v) is 3.67. The van der Waals surface area contributed by atoms with Crippen LogP contribution in [-0.2, 0) is 17.8 Å². The molecule has 0 fully saturated rings. The van der Waals surface area contributed by atoms with Crippen molar-refractivity contribution in [1.82, 2.24) is 10.3 Å². The molecule has 0 saturated heterocycles. The molecule has 1 aromatic carbocycles. The van der Waals surface area contributed by atoms with E-state index in [4.69, 9.17) is 0 Å². The summed E-state index contributed by atoms with van der Waals surface area (Å²) in [5, 5.41) is 6.01. The second-order valence-corrected chi connectivity index (χ2v) is 5.69. The maximum absolute atomic E-state index is 11.7. The monoisotopic (exact) mass is 274 g/mol. The topological polar surface area (TPSA) is 42.0 Å². The number of hydrogen-bond acceptors (Lipinski definition) is 3. The average Bonchev–Trinajstić information content (AvgIpc) is 2.80. The predicted octanol–water partition coefficient (Wildman–Crippen LogP) is 3.01. The smallest absolute Gasteiger partial charge is 0.220 e. The van der Waals surface area contributed by atoms with Gasteiger partial charge in [0.25, 0.3) is 0 Å². The van der Waals surface area contributed by atoms with Gasteiger partial charge in [0.2, 0.25) is 5.91 Å². The van der Waals surface area contributed by atoms with Crippen molar-refractivity contribution in [2.75, 3.05) is 0 Å². The van der Waals surface area contributed by atoms with Crippen LogP contribution in [0.5, 0.6) is 0 Å². The van der Waals surface area contributed by atoms with Gasteiger partial charge in [0.15, 0.2) is 0 Å². The minimum Gasteiger partial charge on any atom is -0.352 e. The van der Waals surface area contributed by atoms with Crippen molar-refractivity contribution in [1.29, 1.82) is 0 Å². The van der Waals surface area contributed by atoms with Gasteiger partial charge < -0.3 is 5.32 Å². The summed E-state index contributed by atoms with van der Waals surface area (Å²) in [6, 6.07) is 8.17. The Morgan fingerprint density at radius 2 is 2.21 bits per heavy atom. The van der Waals surface area contributed by atoms with Gasteiger partial charge in [0.1, 0.15) is 0 Å². The molecule has 0 aliphatic heterocycles. The molecule has 0 bridgehead atoms. The number of hydrogen-bond donors (Lipinski definition) is 1. The predicted molar refractivity (Wildman–Crippen MR) is 78.2 cm³/mol. The van der Waals surface area contributed by atoms with E-state index < -0.39 is 0 Å². The summed E-state index contributed by atoms with van der Waals surface area (Å²) < 4.78 is 0. The molecule has 0 aliphatic carbocycles. The van der Waals surface area contributed by atoms with Crippen molar-refractivity contribution >= 4 is 17.2 Å². The first-order chi connectivity index (χ1) is 9.13. The summed E-state index contributed by atoms with van der Waals surface area (Å²) in [5.74, 6) is 0.0761. The van der Waals surface area contributed by atoms with Crippen LogP contribution in [0.3, 0.4) is 0 Å². The number of rotatable bonds is 5. The number of carbonyl (C=O) groups is 1. The number of carbonyl (C=O) groups excluding carboxylic acids is 1. The Labute approximate surface area is 117 Å². The van der Waals surface area contributed by atoms with Crippen LogP contribution in [0, 0.1) is 13.8 Å². The third kappa shape index (κ3) is 4.48. The molecule has 1 amide bonds. The number of aromatic nitrogens is 1. The minimum absolute atomic E-state index is 0.0761. The van der Waals surface area contributed by atoms with Gasteiger partial charge in [-0.05, 0) is 25.8 Å². The lowest BCUT2D eigenvalue weighted by molar-refractivity contribution is -0.121. The molecule has 0 spiro atoms. The summed E-state index contributed by atoms with van der Waals surface area (Å²) in [6.45, 7) is 4.62. The number of amides is 1. The number of benzene rings is 1. The molecular weight excluding hydrogens is 256 g/mol. The highest BCUT2D eigenvalue weighted by atomic mass is 32.1. The average molecular weight is 274 g/mol. The van der Waals surface area contributed by atoms with Crippen LogP contribution in [0.1, 0.15) is 28.2 Å². The van der Waals surface area contributed by atoms with Crippen molar-refractivity contribution in [2.24, 2.45) is 0 Å². The van der Waals surface area contributed by atoms with Gasteiger partial charge in [-0.3, -0.25) is 4.79 Å². The Morgan fingerprint density at radius 1 is 1.37 bits per heavy atom. The summed E-state index contributed by atoms with van der Waals surface area (Å²) in [5.41, 5.74) is 3.36. The van der Waals surface area contributed by atoms with Gasteiger partial charge in [-0.15, -0.1) is 11.3 Å². The zero-order valence-electron chi connectivity index (χ0n) is 11.3. The lowest BCUT2D eigenvalue weighted by Crippen LogP contribution is -2.23. The zero-order chi connectivity index (χ0) is 13.7. The first kappa shape index (κ1) is 13.7. The third-order valence-electron chi connectivity index (χ3n) is 2.85. The molecule has 1 aromatic heterocycles. The van der Waals surface area contributed by atoms with Gasteiger partial charge in [0.05, 0.1) is 10.7 Å². The molecule has 100 valence electrons. The lowest BCUT2D eigenvalue weighted by atomic mass is 10.1. The molecule has 2 aromatic rings. The second kappa shape index (κ2) is 6.48. The fourth-order valence-corrected chi connectivity index (χ4v) is 2.52. The number of aryl methyl sites for hydroxylation is 3. The Balaban J connectivity index is 1.75. The van der Waals surface area contributed by atoms with E-state index in [0.29, 0.717) is 19.4 Å². The van der Waals surface area contributed by atoms with E-state index in [9.17, 15) is 4.79 Å². The van der Waals surface area contributed by atoms with Gasteiger partial charge in [0, 0.05) is 18.3 Å². The van der Waals surface area contributed by atoms with Crippen LogP contribution in [0.25, 0.3) is 0 Å². The molecule has 0 saturated carbocycles. The van der Waals surface area contributed by atoms with E-state index >= 15 is 0 Å². The largest absolute Gasteiger partial charge is 0.352 e. The molecule has 2 rings (SSSR count). The van der Waals surface area contributed by atoms with Crippen LogP contribution in [-0.4, -0.2) is 10.9 Å². The highest BCUT2D eigenvalue weighted by Crippen LogP contribution is 2.09. The molecule has 0 unspecified atom stereocenters. The van der Waals surface area contributed by atoms with Crippen molar-refractivity contribution in [3.63, 3.8) is 0 Å². The summed E-state index contributed by atoms with van der Waals surface area (Å²) in [6.07, 6.45) is 1.21. The van der Waals surface area contributed by atoms with E-state index in [2.05, 4.69) is 29.4 Å². The van der Waals surface area contributed by atoms with Crippen molar-refractivity contribution in [3.05, 3.63) is 51.5 Å². The van der Waals surface area contributed by atoms with E-state index in [-0.39, 0.29) is 5.91 Å². The molecule has 0 radical (unpaired) electrons. The van der Waals surface area contributed by atoms with Gasteiger partial charge in [-0.2, -0.15) is 0 Å². The Hall–Kier alpha value is -1.68. The Kier molecular flexibility index (Phi) is 4.68. The van der Waals surface area contributed by atoms with Gasteiger partial charge >= 0.3 is 0 Å². The van der Waals surface area contributed by atoms with Crippen molar-refractivity contribution in [3.8, 4) is 0 Å². The zero-order valence-corrected chi connectivity index (χ0v) is 12.1. The second-order valence-electron chi connectivity index (χ2n) is 4.62. The molecule has 0 aliphatic rings. The Bertz CT molecular complexity index is 563. The van der Waals surface area contributed by atoms with Crippen molar-refractivity contribution < 1.29 is 4.79 Å². The van der Waals surface area contributed by atoms with Crippen LogP contribution >= 0.6 is 11.3 Å². The first-order valence-corrected chi connectivity index (χ1v) is 7.25. The Morgan fingerprint density at radius 3 is 2.89 bits per heavy atom. The quantitative estimate of drug-likeness (QED) is 0.910. The first-order valence-electron chi connectivity index (χ1n) is 6.37. The van der Waals surface area contributed by atoms with Gasteiger partial charge in [-0.25, -0.2) is 4.98 Å². The molecule has 3 nitrogen and oxygen atoms in total. The van der Waals surface area contributed by atoms with Crippen LogP contribution in [0.15, 0.2) is 29.6 Å². The molecular formula is C15H18N2OS. The maximum atomic E-state index is 11.7. The SMILES string of the molecule is Cc1cccc(CNC(=O)CCc2csc(C)n2)c1. The van der Waals surface area contributed by atoms with Crippen LogP contribution in [0.4, 0.5) is 0 Å². The van der Waals surface area contributed by atoms with Gasteiger partial charge in [-0.1, -0.05) is 29.8 Å². The lowest BCUT2D eigenvalue weighted by Gasteiger charge is -2.05. The highest BCUT2D eigenvalue weighted by molar-refractivity contribution is 7.09. The molecule has 4 heteroatoms. The fraction of sp³-hybridized carbons (Fsp3) is 0.333. The molecule has 1 heterocycles.